The van der Waals surface area contributed by atoms with Gasteiger partial charge in [0.25, 0.3) is 0 Å². The minimum atomic E-state index is 0.497. The van der Waals surface area contributed by atoms with E-state index in [4.69, 9.17) is 0 Å². The Balaban J connectivity index is 1.78. The minimum Gasteiger partial charge on any atom is -0.330 e. The van der Waals surface area contributed by atoms with Crippen molar-refractivity contribution in [1.82, 2.24) is 14.9 Å². The molecular formula is C17H23N3S. The van der Waals surface area contributed by atoms with E-state index in [0.717, 1.165) is 18.9 Å². The lowest BCUT2D eigenvalue weighted by molar-refractivity contribution is 0.527. The molecule has 0 aliphatic carbocycles. The van der Waals surface area contributed by atoms with E-state index in [1.54, 1.807) is 0 Å². The van der Waals surface area contributed by atoms with Crippen LogP contribution >= 0.6 is 11.8 Å². The number of thioether (sulfide) groups is 1. The number of hydrogen-bond donors (Lipinski definition) is 1. The van der Waals surface area contributed by atoms with Crippen molar-refractivity contribution in [1.29, 1.82) is 0 Å². The van der Waals surface area contributed by atoms with Gasteiger partial charge in [0.2, 0.25) is 0 Å². The molecule has 0 saturated heterocycles. The van der Waals surface area contributed by atoms with E-state index in [2.05, 4.69) is 59.9 Å². The van der Waals surface area contributed by atoms with Crippen molar-refractivity contribution in [2.45, 2.75) is 50.7 Å². The molecule has 3 nitrogen and oxygen atoms in total. The van der Waals surface area contributed by atoms with Gasteiger partial charge in [0.1, 0.15) is 5.82 Å². The SMILES string of the molecule is Cc1ncc(CNC(C)C)n1CC1CSc2ccccc21. The fraction of sp³-hybridized carbons (Fsp3) is 0.471. The Hall–Kier alpha value is -1.26. The molecule has 0 fully saturated rings. The van der Waals surface area contributed by atoms with Crippen molar-refractivity contribution in [2.24, 2.45) is 0 Å². The Labute approximate surface area is 131 Å². The van der Waals surface area contributed by atoms with Gasteiger partial charge in [-0.1, -0.05) is 32.0 Å². The van der Waals surface area contributed by atoms with Crippen molar-refractivity contribution in [3.05, 3.63) is 47.5 Å². The van der Waals surface area contributed by atoms with Gasteiger partial charge in [-0.2, -0.15) is 0 Å². The molecule has 112 valence electrons. The molecule has 1 aliphatic rings. The molecule has 0 amide bonds. The minimum absolute atomic E-state index is 0.497. The van der Waals surface area contributed by atoms with Crippen LogP contribution in [0.25, 0.3) is 0 Å². The molecule has 2 heterocycles. The van der Waals surface area contributed by atoms with Crippen LogP contribution in [0.4, 0.5) is 0 Å². The fourth-order valence-corrected chi connectivity index (χ4v) is 4.06. The molecule has 1 N–H and O–H groups in total. The van der Waals surface area contributed by atoms with E-state index in [9.17, 15) is 0 Å². The first kappa shape index (κ1) is 14.7. The van der Waals surface area contributed by atoms with Crippen LogP contribution in [0.2, 0.25) is 0 Å². The lowest BCUT2D eigenvalue weighted by Crippen LogP contribution is -2.24. The van der Waals surface area contributed by atoms with Gasteiger partial charge >= 0.3 is 0 Å². The summed E-state index contributed by atoms with van der Waals surface area (Å²) < 4.78 is 2.38. The van der Waals surface area contributed by atoms with Crippen LogP contribution in [0, 0.1) is 6.92 Å². The van der Waals surface area contributed by atoms with Crippen LogP contribution in [0.3, 0.4) is 0 Å². The lowest BCUT2D eigenvalue weighted by atomic mass is 10.0. The number of benzene rings is 1. The van der Waals surface area contributed by atoms with Crippen LogP contribution in [0.5, 0.6) is 0 Å². The van der Waals surface area contributed by atoms with Gasteiger partial charge in [-0.25, -0.2) is 4.98 Å². The summed E-state index contributed by atoms with van der Waals surface area (Å²) in [5.41, 5.74) is 2.79. The maximum absolute atomic E-state index is 4.51. The van der Waals surface area contributed by atoms with E-state index in [-0.39, 0.29) is 0 Å². The zero-order valence-electron chi connectivity index (χ0n) is 13.0. The van der Waals surface area contributed by atoms with Crippen LogP contribution in [0.1, 0.15) is 36.8 Å². The van der Waals surface area contributed by atoms with Crippen LogP contribution < -0.4 is 5.32 Å². The lowest BCUT2D eigenvalue weighted by Gasteiger charge is -2.17. The number of aromatic nitrogens is 2. The molecule has 1 unspecified atom stereocenters. The molecule has 1 aliphatic heterocycles. The first-order chi connectivity index (χ1) is 10.1. The first-order valence-corrected chi connectivity index (χ1v) is 8.60. The highest BCUT2D eigenvalue weighted by Gasteiger charge is 2.24. The van der Waals surface area contributed by atoms with Crippen LogP contribution in [0.15, 0.2) is 35.4 Å². The fourth-order valence-electron chi connectivity index (χ4n) is 2.82. The molecule has 21 heavy (non-hydrogen) atoms. The predicted octanol–water partition coefficient (Wildman–Crippen LogP) is 3.58. The summed E-state index contributed by atoms with van der Waals surface area (Å²) in [5.74, 6) is 2.88. The molecule has 3 rings (SSSR count). The van der Waals surface area contributed by atoms with E-state index >= 15 is 0 Å². The number of rotatable bonds is 5. The smallest absolute Gasteiger partial charge is 0.105 e. The highest BCUT2D eigenvalue weighted by Crippen LogP contribution is 2.40. The summed E-state index contributed by atoms with van der Waals surface area (Å²) in [6.07, 6.45) is 2.01. The molecule has 1 aromatic carbocycles. The molecular weight excluding hydrogens is 278 g/mol. The summed E-state index contributed by atoms with van der Waals surface area (Å²) in [6.45, 7) is 8.38. The number of nitrogens with one attached hydrogen (secondary N) is 1. The Morgan fingerprint density at radius 1 is 1.38 bits per heavy atom. The van der Waals surface area contributed by atoms with Gasteiger partial charge in [0.15, 0.2) is 0 Å². The second-order valence-electron chi connectivity index (χ2n) is 5.99. The first-order valence-electron chi connectivity index (χ1n) is 7.61. The van der Waals surface area contributed by atoms with Crippen molar-refractivity contribution in [3.8, 4) is 0 Å². The predicted molar refractivity (Wildman–Crippen MR) is 88.8 cm³/mol. The number of fused-ring (bicyclic) bond motifs is 1. The molecule has 1 aromatic heterocycles. The third-order valence-electron chi connectivity index (χ3n) is 4.03. The maximum Gasteiger partial charge on any atom is 0.105 e. The summed E-state index contributed by atoms with van der Waals surface area (Å²) >= 11 is 1.98. The van der Waals surface area contributed by atoms with Crippen molar-refractivity contribution in [2.75, 3.05) is 5.75 Å². The topological polar surface area (TPSA) is 29.9 Å². The van der Waals surface area contributed by atoms with Gasteiger partial charge in [0.05, 0.1) is 5.69 Å². The largest absolute Gasteiger partial charge is 0.330 e. The summed E-state index contributed by atoms with van der Waals surface area (Å²) in [5, 5.41) is 3.49. The Morgan fingerprint density at radius 2 is 2.19 bits per heavy atom. The molecule has 0 radical (unpaired) electrons. The standard InChI is InChI=1S/C17H23N3S/c1-12(2)18-8-15-9-19-13(3)20(15)10-14-11-21-17-7-5-4-6-16(14)17/h4-7,9,12,14,18H,8,10-11H2,1-3H3. The molecule has 0 saturated carbocycles. The van der Waals surface area contributed by atoms with E-state index in [1.807, 2.05) is 18.0 Å². The molecule has 2 aromatic rings. The van der Waals surface area contributed by atoms with Gasteiger partial charge in [0, 0.05) is 41.9 Å². The quantitative estimate of drug-likeness (QED) is 0.915. The number of aryl methyl sites for hydroxylation is 1. The summed E-state index contributed by atoms with van der Waals surface area (Å²) in [4.78, 5) is 5.96. The molecule has 0 spiro atoms. The Kier molecular flexibility index (Phi) is 4.36. The highest BCUT2D eigenvalue weighted by atomic mass is 32.2. The molecule has 0 bridgehead atoms. The maximum atomic E-state index is 4.51. The average molecular weight is 301 g/mol. The second kappa shape index (κ2) is 6.24. The van der Waals surface area contributed by atoms with E-state index in [0.29, 0.717) is 12.0 Å². The summed E-state index contributed by atoms with van der Waals surface area (Å²) in [7, 11) is 0. The van der Waals surface area contributed by atoms with Gasteiger partial charge in [-0.3, -0.25) is 0 Å². The molecule has 4 heteroatoms. The summed E-state index contributed by atoms with van der Waals surface area (Å²) in [6, 6.07) is 9.30. The third kappa shape index (κ3) is 3.16. The number of hydrogen-bond acceptors (Lipinski definition) is 3. The monoisotopic (exact) mass is 301 g/mol. The van der Waals surface area contributed by atoms with Crippen molar-refractivity contribution >= 4 is 11.8 Å². The zero-order valence-corrected chi connectivity index (χ0v) is 13.8. The second-order valence-corrected chi connectivity index (χ2v) is 7.05. The van der Waals surface area contributed by atoms with Crippen molar-refractivity contribution < 1.29 is 0 Å². The molecule has 1 atom stereocenters. The van der Waals surface area contributed by atoms with Gasteiger partial charge in [-0.15, -0.1) is 11.8 Å². The number of nitrogens with zero attached hydrogens (tertiary/aromatic N) is 2. The Morgan fingerprint density at radius 3 is 3.00 bits per heavy atom. The highest BCUT2D eigenvalue weighted by molar-refractivity contribution is 7.99. The van der Waals surface area contributed by atoms with Crippen LogP contribution in [-0.2, 0) is 13.1 Å². The van der Waals surface area contributed by atoms with Crippen LogP contribution in [-0.4, -0.2) is 21.3 Å². The van der Waals surface area contributed by atoms with Crippen molar-refractivity contribution in [3.63, 3.8) is 0 Å². The van der Waals surface area contributed by atoms with E-state index in [1.165, 1.54) is 21.9 Å². The number of imidazole rings is 1. The van der Waals surface area contributed by atoms with Gasteiger partial charge < -0.3 is 9.88 Å². The Bertz CT molecular complexity index is 618. The average Bonchev–Trinajstić information content (AvgIpc) is 3.03. The van der Waals surface area contributed by atoms with E-state index < -0.39 is 0 Å². The zero-order chi connectivity index (χ0) is 14.8. The van der Waals surface area contributed by atoms with Gasteiger partial charge in [-0.05, 0) is 18.6 Å². The normalized spacial score (nSPS) is 17.4. The third-order valence-corrected chi connectivity index (χ3v) is 5.28.